The molecule has 1 heterocycles. The van der Waals surface area contributed by atoms with Crippen LogP contribution in [0.2, 0.25) is 5.02 Å². The number of nitrogens with one attached hydrogen (secondary N) is 1. The zero-order valence-corrected chi connectivity index (χ0v) is 12.8. The van der Waals surface area contributed by atoms with Gasteiger partial charge in [-0.3, -0.25) is 4.98 Å². The van der Waals surface area contributed by atoms with E-state index in [0.717, 1.165) is 45.8 Å². The van der Waals surface area contributed by atoms with Crippen molar-refractivity contribution in [3.8, 4) is 0 Å². The smallest absolute Gasteiger partial charge is 0.0756 e. The highest BCUT2D eigenvalue weighted by atomic mass is 35.5. The van der Waals surface area contributed by atoms with Crippen molar-refractivity contribution in [1.29, 1.82) is 0 Å². The van der Waals surface area contributed by atoms with Crippen molar-refractivity contribution in [2.45, 2.75) is 34.1 Å². The Morgan fingerprint density at radius 3 is 2.63 bits per heavy atom. The molecule has 0 spiro atoms. The van der Waals surface area contributed by atoms with Gasteiger partial charge in [0, 0.05) is 28.3 Å². The topological polar surface area (TPSA) is 24.9 Å². The molecule has 2 rings (SSSR count). The number of aryl methyl sites for hydroxylation is 1. The van der Waals surface area contributed by atoms with E-state index in [-0.39, 0.29) is 0 Å². The molecular weight excluding hydrogens is 256 g/mol. The zero-order chi connectivity index (χ0) is 14.0. The summed E-state index contributed by atoms with van der Waals surface area (Å²) in [5.74, 6) is 0.604. The average molecular weight is 277 g/mol. The number of anilines is 1. The Morgan fingerprint density at radius 2 is 2.00 bits per heavy atom. The van der Waals surface area contributed by atoms with E-state index in [9.17, 15) is 0 Å². The van der Waals surface area contributed by atoms with Gasteiger partial charge in [-0.1, -0.05) is 25.4 Å². The number of halogens is 1. The monoisotopic (exact) mass is 276 g/mol. The van der Waals surface area contributed by atoms with Crippen molar-refractivity contribution in [2.24, 2.45) is 5.92 Å². The largest absolute Gasteiger partial charge is 0.385 e. The summed E-state index contributed by atoms with van der Waals surface area (Å²) in [6.07, 6.45) is 0.996. The van der Waals surface area contributed by atoms with Gasteiger partial charge in [-0.25, -0.2) is 0 Å². The first kappa shape index (κ1) is 14.1. The van der Waals surface area contributed by atoms with E-state index >= 15 is 0 Å². The summed E-state index contributed by atoms with van der Waals surface area (Å²) in [5.41, 5.74) is 4.46. The minimum Gasteiger partial charge on any atom is -0.385 e. The first-order valence-corrected chi connectivity index (χ1v) is 7.22. The van der Waals surface area contributed by atoms with Crippen molar-refractivity contribution < 1.29 is 0 Å². The molecule has 102 valence electrons. The van der Waals surface area contributed by atoms with Crippen LogP contribution < -0.4 is 5.32 Å². The number of hydrogen-bond donors (Lipinski definition) is 1. The zero-order valence-electron chi connectivity index (χ0n) is 12.0. The summed E-state index contributed by atoms with van der Waals surface area (Å²) < 4.78 is 0. The van der Waals surface area contributed by atoms with Crippen LogP contribution in [-0.4, -0.2) is 11.5 Å². The van der Waals surface area contributed by atoms with Gasteiger partial charge in [0.05, 0.1) is 5.52 Å². The molecule has 0 atom stereocenters. The molecule has 0 saturated carbocycles. The van der Waals surface area contributed by atoms with Gasteiger partial charge in [0.15, 0.2) is 0 Å². The molecule has 0 aliphatic heterocycles. The average Bonchev–Trinajstić information content (AvgIpc) is 2.30. The lowest BCUT2D eigenvalue weighted by Gasteiger charge is -2.13. The predicted molar refractivity (Wildman–Crippen MR) is 84.2 cm³/mol. The van der Waals surface area contributed by atoms with Gasteiger partial charge in [0.2, 0.25) is 0 Å². The van der Waals surface area contributed by atoms with Gasteiger partial charge in [0.1, 0.15) is 0 Å². The minimum absolute atomic E-state index is 0.604. The number of pyridine rings is 1. The van der Waals surface area contributed by atoms with E-state index in [4.69, 9.17) is 16.6 Å². The molecule has 0 saturated heterocycles. The first-order chi connectivity index (χ1) is 9.01. The normalized spacial score (nSPS) is 11.3. The third kappa shape index (κ3) is 3.19. The van der Waals surface area contributed by atoms with Gasteiger partial charge in [-0.05, 0) is 49.9 Å². The van der Waals surface area contributed by atoms with E-state index in [1.807, 2.05) is 12.1 Å². The molecular formula is C16H21ClN2. The predicted octanol–water partition coefficient (Wildman–Crippen LogP) is 4.83. The minimum atomic E-state index is 0.604. The van der Waals surface area contributed by atoms with E-state index < -0.39 is 0 Å². The Bertz CT molecular complexity index is 591. The molecule has 0 aliphatic rings. The number of rotatable bonds is 4. The summed E-state index contributed by atoms with van der Waals surface area (Å²) in [4.78, 5) is 4.80. The molecule has 2 aromatic rings. The van der Waals surface area contributed by atoms with Gasteiger partial charge >= 0.3 is 0 Å². The van der Waals surface area contributed by atoms with Gasteiger partial charge in [-0.15, -0.1) is 0 Å². The Labute approximate surface area is 120 Å². The van der Waals surface area contributed by atoms with Gasteiger partial charge < -0.3 is 5.32 Å². The molecule has 0 radical (unpaired) electrons. The molecule has 0 fully saturated rings. The molecule has 0 unspecified atom stereocenters. The Hall–Kier alpha value is -1.28. The lowest BCUT2D eigenvalue weighted by atomic mass is 10.0. The van der Waals surface area contributed by atoms with Crippen LogP contribution in [-0.2, 0) is 6.42 Å². The summed E-state index contributed by atoms with van der Waals surface area (Å²) in [5, 5.41) is 5.30. The molecule has 0 bridgehead atoms. The van der Waals surface area contributed by atoms with Crippen LogP contribution in [0.3, 0.4) is 0 Å². The Balaban J connectivity index is 2.64. The molecule has 1 N–H and O–H groups in total. The van der Waals surface area contributed by atoms with E-state index in [1.165, 1.54) is 0 Å². The maximum atomic E-state index is 6.16. The van der Waals surface area contributed by atoms with Gasteiger partial charge in [0.25, 0.3) is 0 Å². The number of fused-ring (bicyclic) bond motifs is 1. The lowest BCUT2D eigenvalue weighted by Crippen LogP contribution is -2.03. The van der Waals surface area contributed by atoms with E-state index in [1.54, 1.807) is 0 Å². The second kappa shape index (κ2) is 5.79. The van der Waals surface area contributed by atoms with Crippen molar-refractivity contribution in [3.05, 3.63) is 34.5 Å². The van der Waals surface area contributed by atoms with Crippen LogP contribution >= 0.6 is 11.6 Å². The standard InChI is InChI=1S/C16H21ClN2/c1-5-18-15-9-13(6-10(2)3)19-16-11(4)7-12(17)8-14(15)16/h7-10H,5-6H2,1-4H3,(H,18,19). The highest BCUT2D eigenvalue weighted by molar-refractivity contribution is 6.31. The molecule has 1 aromatic heterocycles. The molecule has 0 amide bonds. The summed E-state index contributed by atoms with van der Waals surface area (Å²) in [6.45, 7) is 9.49. The number of aromatic nitrogens is 1. The van der Waals surface area contributed by atoms with Crippen LogP contribution in [0, 0.1) is 12.8 Å². The fourth-order valence-corrected chi connectivity index (χ4v) is 2.64. The summed E-state index contributed by atoms with van der Waals surface area (Å²) >= 11 is 6.16. The summed E-state index contributed by atoms with van der Waals surface area (Å²) in [6, 6.07) is 6.13. The molecule has 19 heavy (non-hydrogen) atoms. The second-order valence-corrected chi connectivity index (χ2v) is 5.84. The number of benzene rings is 1. The molecule has 2 nitrogen and oxygen atoms in total. The van der Waals surface area contributed by atoms with E-state index in [2.05, 4.69) is 39.1 Å². The van der Waals surface area contributed by atoms with Crippen molar-refractivity contribution in [2.75, 3.05) is 11.9 Å². The SMILES string of the molecule is CCNc1cc(CC(C)C)nc2c(C)cc(Cl)cc12. The third-order valence-electron chi connectivity index (χ3n) is 3.11. The van der Waals surface area contributed by atoms with Crippen LogP contribution in [0.25, 0.3) is 10.9 Å². The Morgan fingerprint density at radius 1 is 1.26 bits per heavy atom. The number of hydrogen-bond acceptors (Lipinski definition) is 2. The van der Waals surface area contributed by atoms with Crippen LogP contribution in [0.1, 0.15) is 32.0 Å². The second-order valence-electron chi connectivity index (χ2n) is 5.41. The highest BCUT2D eigenvalue weighted by Crippen LogP contribution is 2.29. The third-order valence-corrected chi connectivity index (χ3v) is 3.32. The maximum absolute atomic E-state index is 6.16. The van der Waals surface area contributed by atoms with Crippen molar-refractivity contribution in [1.82, 2.24) is 4.98 Å². The van der Waals surface area contributed by atoms with Crippen molar-refractivity contribution in [3.63, 3.8) is 0 Å². The van der Waals surface area contributed by atoms with Crippen LogP contribution in [0.15, 0.2) is 18.2 Å². The van der Waals surface area contributed by atoms with Crippen LogP contribution in [0.5, 0.6) is 0 Å². The maximum Gasteiger partial charge on any atom is 0.0756 e. The van der Waals surface area contributed by atoms with E-state index in [0.29, 0.717) is 5.92 Å². The number of nitrogens with zero attached hydrogens (tertiary/aromatic N) is 1. The van der Waals surface area contributed by atoms with Gasteiger partial charge in [-0.2, -0.15) is 0 Å². The molecule has 0 aliphatic carbocycles. The fourth-order valence-electron chi connectivity index (χ4n) is 2.37. The highest BCUT2D eigenvalue weighted by Gasteiger charge is 2.10. The quantitative estimate of drug-likeness (QED) is 0.865. The lowest BCUT2D eigenvalue weighted by molar-refractivity contribution is 0.637. The van der Waals surface area contributed by atoms with Crippen LogP contribution in [0.4, 0.5) is 5.69 Å². The first-order valence-electron chi connectivity index (χ1n) is 6.85. The van der Waals surface area contributed by atoms with Crippen molar-refractivity contribution >= 4 is 28.2 Å². The fraction of sp³-hybridized carbons (Fsp3) is 0.438. The summed E-state index contributed by atoms with van der Waals surface area (Å²) in [7, 11) is 0. The Kier molecular flexibility index (Phi) is 4.31. The molecule has 3 heteroatoms. The molecule has 1 aromatic carbocycles.